The van der Waals surface area contributed by atoms with Crippen LogP contribution in [-0.2, 0) is 9.84 Å². The first-order chi connectivity index (χ1) is 8.42. The number of sulfone groups is 1. The van der Waals surface area contributed by atoms with E-state index >= 15 is 0 Å². The van der Waals surface area contributed by atoms with Crippen LogP contribution < -0.4 is 5.32 Å². The predicted molar refractivity (Wildman–Crippen MR) is 76.8 cm³/mol. The Balaban J connectivity index is 2.62. The molecule has 0 saturated heterocycles. The van der Waals surface area contributed by atoms with Crippen molar-refractivity contribution in [2.45, 2.75) is 25.7 Å². The van der Waals surface area contributed by atoms with Gasteiger partial charge in [-0.05, 0) is 38.3 Å². The highest BCUT2D eigenvalue weighted by molar-refractivity contribution is 7.90. The van der Waals surface area contributed by atoms with E-state index in [0.717, 1.165) is 19.4 Å². The number of nitrogens with one attached hydrogen (secondary N) is 1. The highest BCUT2D eigenvalue weighted by atomic mass is 32.2. The molecular weight excluding hydrogens is 246 g/mol. The second-order valence-corrected chi connectivity index (χ2v) is 7.20. The van der Waals surface area contributed by atoms with Gasteiger partial charge in [0.1, 0.15) is 9.84 Å². The van der Waals surface area contributed by atoms with Gasteiger partial charge in [0, 0.05) is 18.6 Å². The molecule has 0 heterocycles. The fourth-order valence-corrected chi connectivity index (χ4v) is 2.75. The summed E-state index contributed by atoms with van der Waals surface area (Å²) in [7, 11) is -0.916. The van der Waals surface area contributed by atoms with Gasteiger partial charge in [-0.15, -0.1) is 0 Å². The fraction of sp³-hybridized carbons (Fsp3) is 0.571. The van der Waals surface area contributed by atoms with Crippen LogP contribution in [0.5, 0.6) is 0 Å². The second kappa shape index (κ2) is 6.90. The zero-order valence-corrected chi connectivity index (χ0v) is 12.3. The summed E-state index contributed by atoms with van der Waals surface area (Å²) in [6, 6.07) is 8.48. The molecule has 1 unspecified atom stereocenters. The van der Waals surface area contributed by atoms with Gasteiger partial charge >= 0.3 is 0 Å². The van der Waals surface area contributed by atoms with E-state index in [4.69, 9.17) is 0 Å². The maximum atomic E-state index is 11.1. The van der Waals surface area contributed by atoms with E-state index < -0.39 is 9.84 Å². The Labute approximate surface area is 111 Å². The van der Waals surface area contributed by atoms with E-state index in [1.807, 2.05) is 7.05 Å². The van der Waals surface area contributed by atoms with Gasteiger partial charge < -0.3 is 5.32 Å². The van der Waals surface area contributed by atoms with Crippen molar-refractivity contribution in [1.82, 2.24) is 5.32 Å². The molecule has 0 saturated carbocycles. The largest absolute Gasteiger partial charge is 0.319 e. The molecule has 1 N–H and O–H groups in total. The summed E-state index contributed by atoms with van der Waals surface area (Å²) in [6.07, 6.45) is 2.92. The van der Waals surface area contributed by atoms with Gasteiger partial charge in [0.2, 0.25) is 0 Å². The highest BCUT2D eigenvalue weighted by Gasteiger charge is 2.12. The fourth-order valence-electron chi connectivity index (χ4n) is 2.06. The molecule has 1 atom stereocenters. The van der Waals surface area contributed by atoms with Crippen molar-refractivity contribution in [3.63, 3.8) is 0 Å². The van der Waals surface area contributed by atoms with Crippen molar-refractivity contribution in [3.8, 4) is 0 Å². The first-order valence-corrected chi connectivity index (χ1v) is 8.37. The van der Waals surface area contributed by atoms with E-state index in [1.54, 1.807) is 0 Å². The first-order valence-electron chi connectivity index (χ1n) is 6.31. The Morgan fingerprint density at radius 1 is 1.22 bits per heavy atom. The van der Waals surface area contributed by atoms with Crippen LogP contribution in [0.15, 0.2) is 24.3 Å². The van der Waals surface area contributed by atoms with Crippen molar-refractivity contribution >= 4 is 9.84 Å². The van der Waals surface area contributed by atoms with Crippen molar-refractivity contribution < 1.29 is 8.42 Å². The number of hydrogen-bond donors (Lipinski definition) is 1. The number of likely N-dealkylation sites (N-methyl/N-ethyl adjacent to an activating group) is 1. The SMILES string of the molecule is CNCC(CCCS(C)(=O)=O)c1ccc(C)cc1. The van der Waals surface area contributed by atoms with Crippen LogP contribution in [0.2, 0.25) is 0 Å². The van der Waals surface area contributed by atoms with Crippen LogP contribution in [0, 0.1) is 6.92 Å². The summed E-state index contributed by atoms with van der Waals surface area (Å²) >= 11 is 0. The summed E-state index contributed by atoms with van der Waals surface area (Å²) in [5.41, 5.74) is 2.53. The zero-order chi connectivity index (χ0) is 13.6. The van der Waals surface area contributed by atoms with Crippen LogP contribution in [-0.4, -0.2) is 34.0 Å². The van der Waals surface area contributed by atoms with Crippen molar-refractivity contribution in [2.24, 2.45) is 0 Å². The maximum Gasteiger partial charge on any atom is 0.147 e. The molecule has 0 aromatic heterocycles. The van der Waals surface area contributed by atoms with E-state index in [9.17, 15) is 8.42 Å². The summed E-state index contributed by atoms with van der Waals surface area (Å²) in [5.74, 6) is 0.663. The van der Waals surface area contributed by atoms with Gasteiger partial charge in [-0.2, -0.15) is 0 Å². The van der Waals surface area contributed by atoms with Gasteiger partial charge in [0.05, 0.1) is 0 Å². The molecule has 18 heavy (non-hydrogen) atoms. The smallest absolute Gasteiger partial charge is 0.147 e. The monoisotopic (exact) mass is 269 g/mol. The predicted octanol–water partition coefficient (Wildman–Crippen LogP) is 2.12. The lowest BCUT2D eigenvalue weighted by atomic mass is 9.94. The van der Waals surface area contributed by atoms with Crippen molar-refractivity contribution in [2.75, 3.05) is 25.6 Å². The van der Waals surface area contributed by atoms with Gasteiger partial charge in [0.15, 0.2) is 0 Å². The molecule has 0 fully saturated rings. The first kappa shape index (κ1) is 15.2. The minimum atomic E-state index is -2.84. The molecule has 3 nitrogen and oxygen atoms in total. The molecule has 0 radical (unpaired) electrons. The quantitative estimate of drug-likeness (QED) is 0.825. The summed E-state index contributed by atoms with van der Waals surface area (Å²) in [5, 5.41) is 3.18. The van der Waals surface area contributed by atoms with Crippen molar-refractivity contribution in [3.05, 3.63) is 35.4 Å². The minimum Gasteiger partial charge on any atom is -0.319 e. The van der Waals surface area contributed by atoms with E-state index in [1.165, 1.54) is 17.4 Å². The third kappa shape index (κ3) is 5.65. The molecule has 0 amide bonds. The Morgan fingerprint density at radius 2 is 1.83 bits per heavy atom. The second-order valence-electron chi connectivity index (χ2n) is 4.94. The Kier molecular flexibility index (Phi) is 5.82. The topological polar surface area (TPSA) is 46.2 Å². The van der Waals surface area contributed by atoms with Gasteiger partial charge in [-0.3, -0.25) is 0 Å². The van der Waals surface area contributed by atoms with Crippen LogP contribution in [0.25, 0.3) is 0 Å². The van der Waals surface area contributed by atoms with Gasteiger partial charge in [0.25, 0.3) is 0 Å². The van der Waals surface area contributed by atoms with Gasteiger partial charge in [-0.1, -0.05) is 29.8 Å². The summed E-state index contributed by atoms with van der Waals surface area (Å²) < 4.78 is 22.3. The standard InChI is InChI=1S/C14H23NO2S/c1-12-6-8-13(9-7-12)14(11-15-2)5-4-10-18(3,16)17/h6-9,14-15H,4-5,10-11H2,1-3H3. The molecule has 1 aromatic carbocycles. The molecule has 0 spiro atoms. The molecule has 4 heteroatoms. The average molecular weight is 269 g/mol. The summed E-state index contributed by atoms with van der Waals surface area (Å²) in [6.45, 7) is 2.95. The van der Waals surface area contributed by atoms with Crippen LogP contribution in [0.3, 0.4) is 0 Å². The number of aryl methyl sites for hydroxylation is 1. The van der Waals surface area contributed by atoms with Gasteiger partial charge in [-0.25, -0.2) is 8.42 Å². The third-order valence-corrected chi connectivity index (χ3v) is 4.10. The van der Waals surface area contributed by atoms with Crippen molar-refractivity contribution in [1.29, 1.82) is 0 Å². The molecule has 0 bridgehead atoms. The third-order valence-electron chi connectivity index (χ3n) is 3.07. The minimum absolute atomic E-state index is 0.277. The van der Waals surface area contributed by atoms with Crippen LogP contribution in [0.4, 0.5) is 0 Å². The lowest BCUT2D eigenvalue weighted by molar-refractivity contribution is 0.564. The van der Waals surface area contributed by atoms with E-state index in [2.05, 4.69) is 36.5 Å². The average Bonchev–Trinajstić information content (AvgIpc) is 2.27. The molecule has 0 aliphatic rings. The number of benzene rings is 1. The highest BCUT2D eigenvalue weighted by Crippen LogP contribution is 2.21. The Morgan fingerprint density at radius 3 is 2.33 bits per heavy atom. The van der Waals surface area contributed by atoms with E-state index in [-0.39, 0.29) is 5.75 Å². The lowest BCUT2D eigenvalue weighted by Gasteiger charge is -2.17. The van der Waals surface area contributed by atoms with E-state index in [0.29, 0.717) is 5.92 Å². The Bertz CT molecular complexity index is 451. The Hall–Kier alpha value is -0.870. The number of rotatable bonds is 7. The maximum absolute atomic E-state index is 11.1. The molecule has 0 aliphatic carbocycles. The zero-order valence-electron chi connectivity index (χ0n) is 11.4. The molecule has 1 rings (SSSR count). The lowest BCUT2D eigenvalue weighted by Crippen LogP contribution is -2.18. The molecular formula is C14H23NO2S. The molecule has 1 aromatic rings. The summed E-state index contributed by atoms with van der Waals surface area (Å²) in [4.78, 5) is 0. The van der Waals surface area contributed by atoms with Crippen LogP contribution in [0.1, 0.15) is 29.9 Å². The number of hydrogen-bond acceptors (Lipinski definition) is 3. The normalized spacial score (nSPS) is 13.5. The van der Waals surface area contributed by atoms with Crippen LogP contribution >= 0.6 is 0 Å². The molecule has 102 valence electrons. The molecule has 0 aliphatic heterocycles.